The van der Waals surface area contributed by atoms with E-state index in [0.29, 0.717) is 53.5 Å². The molecule has 0 fully saturated rings. The Morgan fingerprint density at radius 1 is 0.350 bits per heavy atom. The first-order chi connectivity index (χ1) is 19.8. The number of aromatic nitrogens is 4. The van der Waals surface area contributed by atoms with Crippen LogP contribution in [0.5, 0.6) is 0 Å². The quantitative estimate of drug-likeness (QED) is 0.181. The van der Waals surface area contributed by atoms with E-state index in [1.807, 2.05) is 0 Å². The van der Waals surface area contributed by atoms with Crippen LogP contribution in [0.2, 0.25) is 0 Å². The Bertz CT molecular complexity index is 1470. The molecule has 0 saturated heterocycles. The molecule has 0 unspecified atom stereocenters. The first-order valence-corrected chi connectivity index (χ1v) is 17.8. The third-order valence-electron chi connectivity index (χ3n) is 6.73. The Morgan fingerprint density at radius 3 is 0.800 bits per heavy atom. The van der Waals surface area contributed by atoms with Crippen molar-refractivity contribution in [3.8, 4) is 45.8 Å². The normalized spacial score (nSPS) is 13.4. The first-order valence-electron chi connectivity index (χ1n) is 13.0. The van der Waals surface area contributed by atoms with Gasteiger partial charge in [0, 0.05) is 0 Å². The number of nitrogens with zero attached hydrogens (tertiary/aromatic N) is 4. The summed E-state index contributed by atoms with van der Waals surface area (Å²) in [6, 6.07) is 33.9. The van der Waals surface area contributed by atoms with Gasteiger partial charge in [-0.25, -0.2) is 0 Å². The fourth-order valence-corrected chi connectivity index (χ4v) is 8.48. The van der Waals surface area contributed by atoms with E-state index >= 15 is 0 Å². The zero-order valence-electron chi connectivity index (χ0n) is 21.5. The van der Waals surface area contributed by atoms with Crippen molar-refractivity contribution < 1.29 is 8.83 Å². The Hall–Kier alpha value is -3.80. The first kappa shape index (κ1) is 25.2. The second-order valence-corrected chi connectivity index (χ2v) is 13.7. The molecular formula is C32H24N4O2Se2. The van der Waals surface area contributed by atoms with Gasteiger partial charge in [-0.2, -0.15) is 0 Å². The molecule has 8 heteroatoms. The van der Waals surface area contributed by atoms with Gasteiger partial charge in [0.1, 0.15) is 0 Å². The second-order valence-electron chi connectivity index (χ2n) is 9.60. The summed E-state index contributed by atoms with van der Waals surface area (Å²) in [5.74, 6) is 2.19. The van der Waals surface area contributed by atoms with Crippen LogP contribution in [0.25, 0.3) is 45.8 Å². The van der Waals surface area contributed by atoms with E-state index in [4.69, 9.17) is 8.83 Å². The Morgan fingerprint density at radius 2 is 0.575 bits per heavy atom. The third kappa shape index (κ3) is 5.58. The summed E-state index contributed by atoms with van der Waals surface area (Å²) in [5, 5.41) is 21.5. The van der Waals surface area contributed by atoms with Gasteiger partial charge in [-0.3, -0.25) is 0 Å². The van der Waals surface area contributed by atoms with Crippen LogP contribution in [-0.2, 0) is 21.3 Å². The van der Waals surface area contributed by atoms with Gasteiger partial charge in [0.2, 0.25) is 0 Å². The summed E-state index contributed by atoms with van der Waals surface area (Å²) >= 11 is 0.890. The van der Waals surface area contributed by atoms with E-state index < -0.39 is 0 Å². The molecule has 16 rings (SSSR count). The molecule has 0 aliphatic carbocycles. The van der Waals surface area contributed by atoms with Crippen molar-refractivity contribution in [3.63, 3.8) is 0 Å². The molecule has 10 aliphatic heterocycles. The number of benzene rings is 4. The zero-order valence-corrected chi connectivity index (χ0v) is 24.9. The van der Waals surface area contributed by atoms with Gasteiger partial charge in [0.25, 0.3) is 0 Å². The van der Waals surface area contributed by atoms with Crippen molar-refractivity contribution in [2.45, 2.75) is 21.3 Å². The maximum atomic E-state index is 6.03. The number of hydrogen-bond acceptors (Lipinski definition) is 6. The van der Waals surface area contributed by atoms with E-state index in [-0.39, 0.29) is 0 Å². The molecule has 196 valence electrons. The Kier molecular flexibility index (Phi) is 7.15. The molecular weight excluding hydrogens is 630 g/mol. The van der Waals surface area contributed by atoms with Crippen LogP contribution in [0.3, 0.4) is 0 Å². The summed E-state index contributed by atoms with van der Waals surface area (Å²) in [5.41, 5.74) is 9.03. The average molecular weight is 654 g/mol. The number of hydrogen-bond donors (Lipinski definition) is 0. The molecule has 12 heterocycles. The third-order valence-corrected chi connectivity index (χ3v) is 11.2. The molecule has 0 spiro atoms. The molecule has 40 heavy (non-hydrogen) atoms. The molecule has 0 saturated carbocycles. The van der Waals surface area contributed by atoms with Crippen molar-refractivity contribution in [2.75, 3.05) is 0 Å². The molecule has 4 aromatic carbocycles. The van der Waals surface area contributed by atoms with Crippen LogP contribution in [-0.4, -0.2) is 50.3 Å². The topological polar surface area (TPSA) is 77.8 Å². The van der Waals surface area contributed by atoms with E-state index in [1.54, 1.807) is 0 Å². The monoisotopic (exact) mass is 656 g/mol. The van der Waals surface area contributed by atoms with Crippen LogP contribution in [0, 0.1) is 0 Å². The fraction of sp³-hybridized carbons (Fsp3) is 0.125. The molecule has 0 N–H and O–H groups in total. The Labute approximate surface area is 244 Å². The van der Waals surface area contributed by atoms with Crippen LogP contribution in [0.1, 0.15) is 22.3 Å². The van der Waals surface area contributed by atoms with Crippen LogP contribution in [0.4, 0.5) is 0 Å². The SMILES string of the molecule is c1cc2ccc1C[Se]Cc1ccc(cc1)-c1nnc(o1)-c1ccc(cc1)C[Se]Cc1ccc(cc1)-c1nnc-2o1. The summed E-state index contributed by atoms with van der Waals surface area (Å²) in [6.07, 6.45) is 0. The van der Waals surface area contributed by atoms with Crippen LogP contribution >= 0.6 is 0 Å². The summed E-state index contributed by atoms with van der Waals surface area (Å²) < 4.78 is 12.1. The van der Waals surface area contributed by atoms with Gasteiger partial charge in [0.15, 0.2) is 0 Å². The maximum absolute atomic E-state index is 6.03. The Balaban J connectivity index is 1.15. The summed E-state index contributed by atoms with van der Waals surface area (Å²) in [6.45, 7) is 0. The van der Waals surface area contributed by atoms with E-state index in [9.17, 15) is 0 Å². The molecule has 0 radical (unpaired) electrons. The van der Waals surface area contributed by atoms with Gasteiger partial charge in [-0.15, -0.1) is 0 Å². The van der Waals surface area contributed by atoms with Gasteiger partial charge in [0.05, 0.1) is 0 Å². The summed E-state index contributed by atoms with van der Waals surface area (Å²) in [7, 11) is 0. The zero-order chi connectivity index (χ0) is 26.7. The fourth-order valence-electron chi connectivity index (χ4n) is 4.46. The predicted molar refractivity (Wildman–Crippen MR) is 157 cm³/mol. The second kappa shape index (κ2) is 11.4. The van der Waals surface area contributed by atoms with Crippen molar-refractivity contribution in [1.82, 2.24) is 20.4 Å². The van der Waals surface area contributed by atoms with Gasteiger partial charge in [-0.05, 0) is 0 Å². The average Bonchev–Trinajstić information content (AvgIpc) is 3.70. The molecule has 6 aromatic rings. The van der Waals surface area contributed by atoms with Crippen molar-refractivity contribution in [3.05, 3.63) is 119 Å². The minimum absolute atomic E-state index is 0.445. The molecule has 6 nitrogen and oxygen atoms in total. The molecule has 0 atom stereocenters. The standard InChI is InChI=1S/C32H24N4O2Se2/c1-9-25-10-2-21(1)17-39-18-22-3-11-27(12-4-22)31-35-36-32(38-31)28-15-7-24(8-16-28)20-40-19-23-5-13-26(14-6-23)30-34-33-29(25)37-30/h1-16H,17-20H2. The van der Waals surface area contributed by atoms with Crippen molar-refractivity contribution >= 4 is 29.9 Å². The van der Waals surface area contributed by atoms with Gasteiger partial charge in [-0.1, -0.05) is 0 Å². The predicted octanol–water partition coefficient (Wildman–Crippen LogP) is 6.24. The molecule has 12 bridgehead atoms. The molecule has 0 amide bonds. The van der Waals surface area contributed by atoms with E-state index in [2.05, 4.69) is 117 Å². The van der Waals surface area contributed by atoms with E-state index in [1.165, 1.54) is 22.3 Å². The van der Waals surface area contributed by atoms with Crippen molar-refractivity contribution in [1.29, 1.82) is 0 Å². The molecule has 2 aromatic heterocycles. The summed E-state index contributed by atoms with van der Waals surface area (Å²) in [4.78, 5) is 0. The van der Waals surface area contributed by atoms with Crippen molar-refractivity contribution in [2.24, 2.45) is 0 Å². The minimum atomic E-state index is 0.445. The van der Waals surface area contributed by atoms with Crippen LogP contribution in [0.15, 0.2) is 106 Å². The number of rotatable bonds is 0. The molecule has 10 aliphatic rings. The van der Waals surface area contributed by atoms with Gasteiger partial charge < -0.3 is 0 Å². The van der Waals surface area contributed by atoms with Gasteiger partial charge >= 0.3 is 246 Å². The van der Waals surface area contributed by atoms with E-state index in [0.717, 1.165) is 43.5 Å². The van der Waals surface area contributed by atoms with Crippen LogP contribution < -0.4 is 0 Å².